The van der Waals surface area contributed by atoms with Crippen molar-refractivity contribution in [2.45, 2.75) is 89.4 Å². The van der Waals surface area contributed by atoms with Crippen LogP contribution < -0.4 is 24.6 Å². The summed E-state index contributed by atoms with van der Waals surface area (Å²) < 4.78 is 45.4. The van der Waals surface area contributed by atoms with E-state index in [1.165, 1.54) is 31.4 Å². The van der Waals surface area contributed by atoms with Crippen molar-refractivity contribution < 1.29 is 42.5 Å². The van der Waals surface area contributed by atoms with Crippen molar-refractivity contribution in [3.05, 3.63) is 70.8 Å². The van der Waals surface area contributed by atoms with Crippen LogP contribution in [0, 0.1) is 52.6 Å². The van der Waals surface area contributed by atoms with E-state index in [2.05, 4.69) is 43.1 Å². The molecule has 3 aromatic carbocycles. The first kappa shape index (κ1) is 52.0. The van der Waals surface area contributed by atoms with Gasteiger partial charge in [0.2, 0.25) is 23.6 Å². The number of aromatic nitrogens is 3. The Hall–Kier alpha value is -7.68. The zero-order valence-corrected chi connectivity index (χ0v) is 44.5. The minimum Gasteiger partial charge on any atom is -0.508 e. The van der Waals surface area contributed by atoms with Gasteiger partial charge in [0.15, 0.2) is 5.82 Å². The lowest BCUT2D eigenvalue weighted by molar-refractivity contribution is -0.137. The number of nitriles is 1. The lowest BCUT2D eigenvalue weighted by Gasteiger charge is -2.42. The number of amides is 4. The number of piperazine rings is 2. The van der Waals surface area contributed by atoms with Crippen LogP contribution in [0.3, 0.4) is 0 Å². The van der Waals surface area contributed by atoms with Gasteiger partial charge in [-0.1, -0.05) is 12.0 Å². The minimum absolute atomic E-state index is 0.00233. The summed E-state index contributed by atoms with van der Waals surface area (Å²) in [5.74, 6) is 0.183. The molecule has 4 atom stereocenters. The first-order chi connectivity index (χ1) is 38.2. The molecule has 2 bridgehead atoms. The molecule has 5 saturated heterocycles. The number of hydrogen-bond acceptors (Lipinski definition) is 15. The third-order valence-electron chi connectivity index (χ3n) is 17.6. The summed E-state index contributed by atoms with van der Waals surface area (Å²) >= 11 is 0. The number of phenolic OH excluding ortho intramolecular Hbond substituents is 1. The standard InChI is InChI=1S/C59H63F2N11O7/c1-4-42-45(60)10-5-36-25-41(73)26-44(49(36)42)52-51(61)53-50(56(64-52)78-3)54(70-30-39-6-7-40(31-70)72(39)48(75)23-34(2)27-62)66-58(65-53)79-33-59(15-16-59)32-68-21-19-67(20-22-68)28-35-13-17-69(18-14-35)38-8-9-43-37(24-38)29-71(57(43)77)46-11-12-47(74)63-55(46)76/h1,5,8-10,24-26,34-35,39-40,46,73H,6-7,11-23,28-33H2,2-3H3,(H,63,74,76). The van der Waals surface area contributed by atoms with Crippen molar-refractivity contribution in [2.75, 3.05) is 89.0 Å². The molecule has 2 aromatic heterocycles. The van der Waals surface area contributed by atoms with E-state index < -0.39 is 29.5 Å². The highest BCUT2D eigenvalue weighted by Crippen LogP contribution is 2.48. The van der Waals surface area contributed by atoms with Crippen molar-refractivity contribution >= 4 is 56.8 Å². The number of piperidine rings is 2. The quantitative estimate of drug-likeness (QED) is 0.0968. The first-order valence-electron chi connectivity index (χ1n) is 27.6. The van der Waals surface area contributed by atoms with Crippen LogP contribution in [-0.4, -0.2) is 161 Å². The molecule has 410 valence electrons. The summed E-state index contributed by atoms with van der Waals surface area (Å²) in [6, 6.07) is 12.5. The number of rotatable bonds is 14. The van der Waals surface area contributed by atoms with E-state index in [1.807, 2.05) is 21.9 Å². The molecule has 4 amide bonds. The third-order valence-corrected chi connectivity index (χ3v) is 17.6. The van der Waals surface area contributed by atoms with Gasteiger partial charge in [-0.2, -0.15) is 15.2 Å². The number of halogens is 2. The van der Waals surface area contributed by atoms with Crippen molar-refractivity contribution in [3.8, 4) is 47.3 Å². The smallest absolute Gasteiger partial charge is 0.319 e. The number of phenols is 1. The Morgan fingerprint density at radius 2 is 1.66 bits per heavy atom. The first-order valence-corrected chi connectivity index (χ1v) is 27.6. The number of aromatic hydroxyl groups is 1. The number of hydrogen-bond donors (Lipinski definition) is 2. The van der Waals surface area contributed by atoms with Crippen molar-refractivity contribution in [2.24, 2.45) is 17.3 Å². The number of nitrogens with one attached hydrogen (secondary N) is 1. The Balaban J connectivity index is 0.723. The van der Waals surface area contributed by atoms with Gasteiger partial charge in [0.1, 0.15) is 40.0 Å². The van der Waals surface area contributed by atoms with Gasteiger partial charge in [-0.15, -0.1) is 6.42 Å². The Labute approximate surface area is 456 Å². The molecule has 2 N–H and O–H groups in total. The van der Waals surface area contributed by atoms with Crippen molar-refractivity contribution in [3.63, 3.8) is 0 Å². The van der Waals surface area contributed by atoms with Gasteiger partial charge in [-0.05, 0) is 105 Å². The number of carbonyl (C=O) groups excluding carboxylic acids is 4. The summed E-state index contributed by atoms with van der Waals surface area (Å²) in [4.78, 5) is 78.5. The largest absolute Gasteiger partial charge is 0.508 e. The number of anilines is 2. The van der Waals surface area contributed by atoms with Crippen LogP contribution in [0.2, 0.25) is 0 Å². The zero-order valence-electron chi connectivity index (χ0n) is 44.5. The lowest BCUT2D eigenvalue weighted by Crippen LogP contribution is -2.56. The normalized spacial score (nSPS) is 22.7. The molecule has 20 heteroatoms. The Bertz CT molecular complexity index is 3390. The van der Waals surface area contributed by atoms with Gasteiger partial charge in [-0.25, -0.2) is 13.8 Å². The molecule has 4 unspecified atom stereocenters. The van der Waals surface area contributed by atoms with Crippen LogP contribution in [0.15, 0.2) is 42.5 Å². The van der Waals surface area contributed by atoms with Gasteiger partial charge in [-0.3, -0.25) is 24.5 Å². The highest BCUT2D eigenvalue weighted by molar-refractivity contribution is 6.06. The van der Waals surface area contributed by atoms with E-state index in [0.717, 1.165) is 102 Å². The molecular formula is C59H63F2N11O7. The van der Waals surface area contributed by atoms with Crippen LogP contribution in [-0.2, 0) is 20.9 Å². The van der Waals surface area contributed by atoms with E-state index in [4.69, 9.17) is 25.9 Å². The number of methoxy groups -OCH3 is 1. The maximum atomic E-state index is 17.6. The molecule has 5 aromatic rings. The molecule has 7 aliphatic rings. The van der Waals surface area contributed by atoms with Gasteiger partial charge >= 0.3 is 6.01 Å². The molecule has 79 heavy (non-hydrogen) atoms. The number of fused-ring (bicyclic) bond motifs is 5. The van der Waals surface area contributed by atoms with Crippen LogP contribution in [0.25, 0.3) is 32.9 Å². The maximum absolute atomic E-state index is 17.6. The summed E-state index contributed by atoms with van der Waals surface area (Å²) in [5.41, 5.74) is 2.02. The molecule has 0 spiro atoms. The predicted molar refractivity (Wildman–Crippen MR) is 289 cm³/mol. The fraction of sp³-hybridized carbons (Fsp3) is 0.492. The van der Waals surface area contributed by atoms with E-state index in [1.54, 1.807) is 11.8 Å². The lowest BCUT2D eigenvalue weighted by atomic mass is 9.95. The van der Waals surface area contributed by atoms with Gasteiger partial charge in [0.25, 0.3) is 5.91 Å². The summed E-state index contributed by atoms with van der Waals surface area (Å²) in [6.07, 6.45) is 12.0. The molecular weight excluding hydrogens is 1010 g/mol. The van der Waals surface area contributed by atoms with Crippen LogP contribution in [0.5, 0.6) is 17.6 Å². The molecule has 18 nitrogen and oxygen atoms in total. The second kappa shape index (κ2) is 20.8. The maximum Gasteiger partial charge on any atom is 0.319 e. The van der Waals surface area contributed by atoms with Crippen LogP contribution in [0.4, 0.5) is 20.3 Å². The number of carbonyl (C=O) groups is 4. The fourth-order valence-corrected chi connectivity index (χ4v) is 13.2. The van der Waals surface area contributed by atoms with Gasteiger partial charge in [0, 0.05) is 125 Å². The number of imide groups is 1. The molecule has 12 rings (SSSR count). The molecule has 6 aliphatic heterocycles. The van der Waals surface area contributed by atoms with Crippen LogP contribution in [0.1, 0.15) is 86.2 Å². The predicted octanol–water partition coefficient (Wildman–Crippen LogP) is 6.00. The number of benzene rings is 3. The number of pyridine rings is 1. The molecule has 1 aliphatic carbocycles. The SMILES string of the molecule is C#Cc1c(F)ccc2cc(O)cc(-c3nc(OC)c4c(N5CC6CCC(C5)N6C(=O)CC(C)C#N)nc(OCC5(CN6CCN(CC7CCN(c8ccc9c(c8)CN(C8CCC(=O)NC8=O)C9=O)CC7)CC6)CC5)nc4c3F)c12. The van der Waals surface area contributed by atoms with Crippen molar-refractivity contribution in [1.82, 2.24) is 39.9 Å². The average Bonchev–Trinajstić information content (AvgIpc) is 4.15. The van der Waals surface area contributed by atoms with E-state index in [0.29, 0.717) is 55.3 Å². The molecule has 8 heterocycles. The third kappa shape index (κ3) is 9.87. The Morgan fingerprint density at radius 1 is 0.911 bits per heavy atom. The number of nitrogens with zero attached hydrogens (tertiary/aromatic N) is 10. The number of ether oxygens (including phenoxy) is 2. The van der Waals surface area contributed by atoms with E-state index in [-0.39, 0.29) is 98.8 Å². The van der Waals surface area contributed by atoms with Gasteiger partial charge < -0.3 is 44.0 Å². The molecule has 0 radical (unpaired) electrons. The summed E-state index contributed by atoms with van der Waals surface area (Å²) in [5, 5.41) is 23.5. The number of terminal acetylenes is 1. The van der Waals surface area contributed by atoms with Gasteiger partial charge in [0.05, 0.1) is 31.3 Å². The van der Waals surface area contributed by atoms with E-state index in [9.17, 15) is 29.5 Å². The summed E-state index contributed by atoms with van der Waals surface area (Å²) in [7, 11) is 1.41. The Morgan fingerprint density at radius 3 is 2.35 bits per heavy atom. The summed E-state index contributed by atoms with van der Waals surface area (Å²) in [6.45, 7) is 10.6. The van der Waals surface area contributed by atoms with Crippen LogP contribution >= 0.6 is 0 Å². The van der Waals surface area contributed by atoms with E-state index >= 15 is 8.78 Å². The average molecular weight is 1080 g/mol. The monoisotopic (exact) mass is 1080 g/mol. The second-order valence-electron chi connectivity index (χ2n) is 22.9. The zero-order chi connectivity index (χ0) is 54.9. The molecule has 6 fully saturated rings. The fourth-order valence-electron chi connectivity index (χ4n) is 13.2. The van der Waals surface area contributed by atoms with Crippen molar-refractivity contribution in [1.29, 1.82) is 5.26 Å². The molecule has 1 saturated carbocycles. The second-order valence-corrected chi connectivity index (χ2v) is 22.9. The Kier molecular flexibility index (Phi) is 13.7. The minimum atomic E-state index is -0.866. The highest BCUT2D eigenvalue weighted by Gasteiger charge is 2.47. The topological polar surface area (TPSA) is 201 Å². The highest BCUT2D eigenvalue weighted by atomic mass is 19.1.